The number of fused-ring (bicyclic) bond motifs is 2. The van der Waals surface area contributed by atoms with Gasteiger partial charge in [-0.2, -0.15) is 5.26 Å². The number of ether oxygens (including phenoxy) is 2. The minimum atomic E-state index is -3.67. The van der Waals surface area contributed by atoms with E-state index in [4.69, 9.17) is 5.26 Å². The third-order valence-electron chi connectivity index (χ3n) is 4.23. The summed E-state index contributed by atoms with van der Waals surface area (Å²) in [4.78, 5) is 24.6. The van der Waals surface area contributed by atoms with E-state index in [-0.39, 0.29) is 23.3 Å². The number of amides is 2. The highest BCUT2D eigenvalue weighted by atomic mass is 19.3. The number of nitrogens with one attached hydrogen (secondary N) is 2. The van der Waals surface area contributed by atoms with Crippen LogP contribution in [0.1, 0.15) is 26.3 Å². The molecule has 7 nitrogen and oxygen atoms in total. The van der Waals surface area contributed by atoms with Crippen molar-refractivity contribution in [2.24, 2.45) is 0 Å². The number of H-pyrrole nitrogens is 1. The Balaban J connectivity index is 0.000000159. The SMILES string of the molecule is N#Cc1c[nH]cc1-c1cccc2c1OC(F)(F)O2.O=C1NC(=O)c2ccccc21. The number of nitrogens with zero attached hydrogens (tertiary/aromatic N) is 1. The van der Waals surface area contributed by atoms with Crippen LogP contribution in [0.4, 0.5) is 8.78 Å². The highest BCUT2D eigenvalue weighted by molar-refractivity contribution is 6.21. The summed E-state index contributed by atoms with van der Waals surface area (Å²) in [6, 6.07) is 13.2. The molecule has 0 aliphatic carbocycles. The summed E-state index contributed by atoms with van der Waals surface area (Å²) in [5.41, 5.74) is 2.18. The number of aromatic amines is 1. The second kappa shape index (κ2) is 6.76. The van der Waals surface area contributed by atoms with Crippen LogP contribution >= 0.6 is 0 Å². The number of para-hydroxylation sites is 1. The lowest BCUT2D eigenvalue weighted by Gasteiger charge is -2.06. The largest absolute Gasteiger partial charge is 0.586 e. The van der Waals surface area contributed by atoms with Gasteiger partial charge in [0.2, 0.25) is 0 Å². The number of alkyl halides is 2. The molecule has 0 saturated carbocycles. The summed E-state index contributed by atoms with van der Waals surface area (Å²) in [6.45, 7) is 0. The fourth-order valence-electron chi connectivity index (χ4n) is 2.98. The van der Waals surface area contributed by atoms with Gasteiger partial charge in [-0.25, -0.2) is 0 Å². The second-order valence-electron chi connectivity index (χ2n) is 6.02. The molecule has 29 heavy (non-hydrogen) atoms. The fourth-order valence-corrected chi connectivity index (χ4v) is 2.98. The van der Waals surface area contributed by atoms with E-state index in [2.05, 4.69) is 19.8 Å². The Hall–Kier alpha value is -4.19. The molecule has 2 aliphatic heterocycles. The van der Waals surface area contributed by atoms with Crippen molar-refractivity contribution in [3.63, 3.8) is 0 Å². The zero-order valence-electron chi connectivity index (χ0n) is 14.5. The lowest BCUT2D eigenvalue weighted by Crippen LogP contribution is -2.26. The molecule has 2 amide bonds. The quantitative estimate of drug-likeness (QED) is 0.614. The van der Waals surface area contributed by atoms with Crippen LogP contribution < -0.4 is 14.8 Å². The molecule has 0 saturated heterocycles. The minimum absolute atomic E-state index is 0.0393. The number of hydrogen-bond donors (Lipinski definition) is 2. The monoisotopic (exact) mass is 395 g/mol. The van der Waals surface area contributed by atoms with Crippen molar-refractivity contribution in [1.29, 1.82) is 5.26 Å². The first-order chi connectivity index (χ1) is 13.9. The standard InChI is InChI=1S/C12H6F2N2O2.C8H5NO2/c13-12(14)17-10-3-1-2-8(11(10)18-12)9-6-16-5-7(9)4-15;10-7-5-3-1-2-4-6(5)8(11)9-7/h1-3,5-6,16H;1-4H,(H,9,10,11). The Morgan fingerprint density at radius 3 is 2.17 bits per heavy atom. The molecular weight excluding hydrogens is 384 g/mol. The van der Waals surface area contributed by atoms with Gasteiger partial charge in [0.25, 0.3) is 11.8 Å². The maximum atomic E-state index is 13.0. The summed E-state index contributed by atoms with van der Waals surface area (Å²) >= 11 is 0. The Morgan fingerprint density at radius 2 is 1.52 bits per heavy atom. The fraction of sp³-hybridized carbons (Fsp3) is 0.0500. The third kappa shape index (κ3) is 3.27. The predicted octanol–water partition coefficient (Wildman–Crippen LogP) is 3.45. The van der Waals surface area contributed by atoms with Gasteiger partial charge in [0.05, 0.1) is 16.7 Å². The van der Waals surface area contributed by atoms with Crippen molar-refractivity contribution in [2.75, 3.05) is 0 Å². The highest BCUT2D eigenvalue weighted by Gasteiger charge is 2.44. The molecule has 2 aliphatic rings. The average molecular weight is 395 g/mol. The zero-order chi connectivity index (χ0) is 20.6. The maximum Gasteiger partial charge on any atom is 0.586 e. The average Bonchev–Trinajstić information content (AvgIpc) is 3.37. The van der Waals surface area contributed by atoms with Gasteiger partial charge in [-0.15, -0.1) is 8.78 Å². The molecule has 2 N–H and O–H groups in total. The van der Waals surface area contributed by atoms with Crippen LogP contribution in [0.3, 0.4) is 0 Å². The minimum Gasteiger partial charge on any atom is -0.395 e. The molecule has 1 aromatic heterocycles. The number of benzene rings is 2. The summed E-state index contributed by atoms with van der Waals surface area (Å²) in [5.74, 6) is -0.697. The van der Waals surface area contributed by atoms with Gasteiger partial charge in [-0.05, 0) is 18.2 Å². The van der Waals surface area contributed by atoms with Crippen molar-refractivity contribution < 1.29 is 27.8 Å². The molecule has 2 aromatic carbocycles. The third-order valence-corrected chi connectivity index (χ3v) is 4.23. The van der Waals surface area contributed by atoms with Gasteiger partial charge < -0.3 is 14.5 Å². The number of carbonyl (C=O) groups is 2. The van der Waals surface area contributed by atoms with E-state index >= 15 is 0 Å². The zero-order valence-corrected chi connectivity index (χ0v) is 14.5. The van der Waals surface area contributed by atoms with Crippen molar-refractivity contribution in [3.05, 3.63) is 71.5 Å². The molecule has 9 heteroatoms. The van der Waals surface area contributed by atoms with E-state index in [1.807, 2.05) is 6.07 Å². The first-order valence-corrected chi connectivity index (χ1v) is 8.30. The molecule has 0 spiro atoms. The molecular formula is C20H11F2N3O4. The van der Waals surface area contributed by atoms with E-state index in [9.17, 15) is 18.4 Å². The van der Waals surface area contributed by atoms with Crippen LogP contribution in [0.25, 0.3) is 11.1 Å². The lowest BCUT2D eigenvalue weighted by atomic mass is 10.0. The van der Waals surface area contributed by atoms with Gasteiger partial charge in [-0.3, -0.25) is 14.9 Å². The number of nitriles is 1. The molecule has 3 aromatic rings. The van der Waals surface area contributed by atoms with Crippen molar-refractivity contribution in [2.45, 2.75) is 6.29 Å². The van der Waals surface area contributed by atoms with Crippen molar-refractivity contribution in [1.82, 2.24) is 10.3 Å². The summed E-state index contributed by atoms with van der Waals surface area (Å²) in [6.07, 6.45) is -0.627. The van der Waals surface area contributed by atoms with Crippen LogP contribution in [-0.2, 0) is 0 Å². The van der Waals surface area contributed by atoms with Gasteiger partial charge in [0.15, 0.2) is 11.5 Å². The van der Waals surface area contributed by atoms with E-state index in [0.717, 1.165) is 0 Å². The van der Waals surface area contributed by atoms with Crippen LogP contribution in [0.5, 0.6) is 11.5 Å². The predicted molar refractivity (Wildman–Crippen MR) is 95.4 cm³/mol. The first kappa shape index (κ1) is 18.2. The molecule has 144 valence electrons. The van der Waals surface area contributed by atoms with Gasteiger partial charge in [-0.1, -0.05) is 24.3 Å². The molecule has 3 heterocycles. The van der Waals surface area contributed by atoms with Crippen molar-refractivity contribution in [3.8, 4) is 28.7 Å². The molecule has 0 bridgehead atoms. The van der Waals surface area contributed by atoms with Gasteiger partial charge in [0, 0.05) is 23.5 Å². The Morgan fingerprint density at radius 1 is 0.862 bits per heavy atom. The summed E-state index contributed by atoms with van der Waals surface area (Å²) < 4.78 is 34.9. The smallest absolute Gasteiger partial charge is 0.395 e. The Kier molecular flexibility index (Phi) is 4.24. The maximum absolute atomic E-state index is 13.0. The number of hydrogen-bond acceptors (Lipinski definition) is 5. The van der Waals surface area contributed by atoms with Gasteiger partial charge >= 0.3 is 6.29 Å². The van der Waals surface area contributed by atoms with Gasteiger partial charge in [0.1, 0.15) is 6.07 Å². The van der Waals surface area contributed by atoms with Crippen LogP contribution in [0.15, 0.2) is 54.9 Å². The Labute approximate surface area is 162 Å². The van der Waals surface area contributed by atoms with E-state index in [1.165, 1.54) is 12.3 Å². The number of halogens is 2. The molecule has 0 fully saturated rings. The lowest BCUT2D eigenvalue weighted by molar-refractivity contribution is -0.286. The number of imide groups is 1. The molecule has 0 unspecified atom stereocenters. The molecule has 0 atom stereocenters. The second-order valence-corrected chi connectivity index (χ2v) is 6.02. The van der Waals surface area contributed by atoms with E-state index < -0.39 is 6.29 Å². The summed E-state index contributed by atoms with van der Waals surface area (Å²) in [7, 11) is 0. The normalized spacial score (nSPS) is 15.1. The Bertz CT molecular complexity index is 1150. The van der Waals surface area contributed by atoms with Crippen molar-refractivity contribution >= 4 is 11.8 Å². The number of rotatable bonds is 1. The number of aromatic nitrogens is 1. The van der Waals surface area contributed by atoms with Crippen LogP contribution in [0.2, 0.25) is 0 Å². The van der Waals surface area contributed by atoms with Crippen LogP contribution in [0, 0.1) is 11.3 Å². The summed E-state index contributed by atoms with van der Waals surface area (Å²) in [5, 5.41) is 11.1. The molecule has 0 radical (unpaired) electrons. The highest BCUT2D eigenvalue weighted by Crippen LogP contribution is 2.47. The van der Waals surface area contributed by atoms with E-state index in [1.54, 1.807) is 42.6 Å². The number of carbonyl (C=O) groups excluding carboxylic acids is 2. The topological polar surface area (TPSA) is 104 Å². The first-order valence-electron chi connectivity index (χ1n) is 8.30. The molecule has 5 rings (SSSR count). The van der Waals surface area contributed by atoms with Crippen LogP contribution in [-0.4, -0.2) is 23.1 Å². The van der Waals surface area contributed by atoms with E-state index in [0.29, 0.717) is 27.8 Å².